The molecule has 1 atom stereocenters. The van der Waals surface area contributed by atoms with Crippen molar-refractivity contribution in [2.24, 2.45) is 5.73 Å². The number of ether oxygens (including phenoxy) is 1. The zero-order valence-electron chi connectivity index (χ0n) is 12.6. The molecule has 2 rings (SSSR count). The Hall–Kier alpha value is -1.87. The molecule has 0 heterocycles. The number of benzene rings is 2. The molecule has 2 aromatic rings. The van der Waals surface area contributed by atoms with Crippen molar-refractivity contribution < 1.29 is 9.13 Å². The number of rotatable bonds is 6. The molecule has 0 fully saturated rings. The molecular weight excluding hydrogens is 265 g/mol. The average Bonchev–Trinajstić information content (AvgIpc) is 2.47. The summed E-state index contributed by atoms with van der Waals surface area (Å²) in [6.45, 7) is 4.34. The van der Waals surface area contributed by atoms with Crippen LogP contribution in [0.5, 0.6) is 5.75 Å². The van der Waals surface area contributed by atoms with E-state index in [0.717, 1.165) is 29.7 Å². The lowest BCUT2D eigenvalue weighted by molar-refractivity contribution is 0.304. The Bertz CT molecular complexity index is 578. The quantitative estimate of drug-likeness (QED) is 0.871. The number of aryl methyl sites for hydroxylation is 2. The second-order valence-corrected chi connectivity index (χ2v) is 5.52. The van der Waals surface area contributed by atoms with Gasteiger partial charge in [0, 0.05) is 6.04 Å². The van der Waals surface area contributed by atoms with Crippen LogP contribution in [0.2, 0.25) is 0 Å². The molecule has 0 radical (unpaired) electrons. The molecule has 0 amide bonds. The number of halogens is 1. The molecule has 0 saturated heterocycles. The minimum Gasteiger partial charge on any atom is -0.489 e. The highest BCUT2D eigenvalue weighted by atomic mass is 19.1. The first-order valence-corrected chi connectivity index (χ1v) is 7.27. The Kier molecular flexibility index (Phi) is 5.34. The van der Waals surface area contributed by atoms with E-state index >= 15 is 0 Å². The first kappa shape index (κ1) is 15.5. The van der Waals surface area contributed by atoms with Crippen LogP contribution in [0.15, 0.2) is 42.5 Å². The molecule has 0 aliphatic heterocycles. The van der Waals surface area contributed by atoms with Crippen LogP contribution in [0.4, 0.5) is 4.39 Å². The molecule has 0 aromatic heterocycles. The first-order valence-electron chi connectivity index (χ1n) is 7.27. The second kappa shape index (κ2) is 7.23. The maximum atomic E-state index is 13.2. The van der Waals surface area contributed by atoms with Crippen molar-refractivity contribution in [2.75, 3.05) is 0 Å². The second-order valence-electron chi connectivity index (χ2n) is 5.52. The molecule has 1 unspecified atom stereocenters. The molecule has 2 aromatic carbocycles. The van der Waals surface area contributed by atoms with Gasteiger partial charge >= 0.3 is 0 Å². The third-order valence-electron chi connectivity index (χ3n) is 3.52. The van der Waals surface area contributed by atoms with Gasteiger partial charge in [-0.2, -0.15) is 0 Å². The van der Waals surface area contributed by atoms with E-state index in [1.165, 1.54) is 17.7 Å². The molecule has 0 spiro atoms. The van der Waals surface area contributed by atoms with Gasteiger partial charge < -0.3 is 10.5 Å². The van der Waals surface area contributed by atoms with Gasteiger partial charge in [0.15, 0.2) is 0 Å². The van der Waals surface area contributed by atoms with E-state index in [2.05, 4.69) is 12.1 Å². The highest BCUT2D eigenvalue weighted by molar-refractivity contribution is 5.29. The number of nitrogens with two attached hydrogens (primary N) is 1. The van der Waals surface area contributed by atoms with E-state index in [1.807, 2.05) is 26.0 Å². The molecule has 0 bridgehead atoms. The van der Waals surface area contributed by atoms with Gasteiger partial charge in [0.05, 0.1) is 0 Å². The molecule has 21 heavy (non-hydrogen) atoms. The van der Waals surface area contributed by atoms with Crippen LogP contribution >= 0.6 is 0 Å². The molecular formula is C18H22FNO. The predicted octanol–water partition coefficient (Wildman–Crippen LogP) is 3.99. The van der Waals surface area contributed by atoms with Crippen LogP contribution in [0.3, 0.4) is 0 Å². The van der Waals surface area contributed by atoms with Crippen molar-refractivity contribution in [3.63, 3.8) is 0 Å². The summed E-state index contributed by atoms with van der Waals surface area (Å²) in [5, 5.41) is 0. The van der Waals surface area contributed by atoms with Crippen molar-refractivity contribution in [1.29, 1.82) is 0 Å². The van der Waals surface area contributed by atoms with Crippen molar-refractivity contribution >= 4 is 0 Å². The molecule has 0 aliphatic rings. The topological polar surface area (TPSA) is 35.2 Å². The fraction of sp³-hybridized carbons (Fsp3) is 0.333. The summed E-state index contributed by atoms with van der Waals surface area (Å²) in [6.07, 6.45) is 1.95. The maximum absolute atomic E-state index is 13.2. The van der Waals surface area contributed by atoms with Crippen molar-refractivity contribution in [3.05, 3.63) is 65.0 Å². The minimum atomic E-state index is -0.231. The highest BCUT2D eigenvalue weighted by Crippen LogP contribution is 2.17. The standard InChI is InChI=1S/C18H22FNO/c1-13-3-8-17(19)11-16(13)12-21-18-9-6-15(7-10-18)5-4-14(2)20/h3,6-11,14H,4-5,12,20H2,1-2H3. The van der Waals surface area contributed by atoms with Gasteiger partial charge in [-0.3, -0.25) is 0 Å². The first-order chi connectivity index (χ1) is 10.0. The average molecular weight is 287 g/mol. The predicted molar refractivity (Wildman–Crippen MR) is 83.9 cm³/mol. The summed E-state index contributed by atoms with van der Waals surface area (Å²) < 4.78 is 18.9. The smallest absolute Gasteiger partial charge is 0.123 e. The van der Waals surface area contributed by atoms with Gasteiger partial charge in [-0.15, -0.1) is 0 Å². The maximum Gasteiger partial charge on any atom is 0.123 e. The summed E-state index contributed by atoms with van der Waals surface area (Å²) in [5.41, 5.74) is 8.91. The number of hydrogen-bond acceptors (Lipinski definition) is 2. The lowest BCUT2D eigenvalue weighted by atomic mass is 10.1. The third kappa shape index (κ3) is 4.87. The fourth-order valence-electron chi connectivity index (χ4n) is 2.10. The minimum absolute atomic E-state index is 0.219. The fourth-order valence-corrected chi connectivity index (χ4v) is 2.10. The summed E-state index contributed by atoms with van der Waals surface area (Å²) >= 11 is 0. The van der Waals surface area contributed by atoms with Crippen LogP contribution in [0.1, 0.15) is 30.0 Å². The normalized spacial score (nSPS) is 12.2. The number of hydrogen-bond donors (Lipinski definition) is 1. The van der Waals surface area contributed by atoms with E-state index in [-0.39, 0.29) is 11.9 Å². The Balaban J connectivity index is 1.93. The van der Waals surface area contributed by atoms with Crippen LogP contribution in [-0.2, 0) is 13.0 Å². The summed E-state index contributed by atoms with van der Waals surface area (Å²) in [4.78, 5) is 0. The summed E-state index contributed by atoms with van der Waals surface area (Å²) in [5.74, 6) is 0.564. The van der Waals surface area contributed by atoms with E-state index < -0.39 is 0 Å². The molecule has 0 saturated carbocycles. The zero-order chi connectivity index (χ0) is 15.2. The van der Waals surface area contributed by atoms with Gasteiger partial charge in [0.1, 0.15) is 18.2 Å². The van der Waals surface area contributed by atoms with Crippen LogP contribution in [0.25, 0.3) is 0 Å². The monoisotopic (exact) mass is 287 g/mol. The van der Waals surface area contributed by atoms with Crippen molar-refractivity contribution in [3.8, 4) is 5.75 Å². The van der Waals surface area contributed by atoms with Crippen molar-refractivity contribution in [2.45, 2.75) is 39.3 Å². The Morgan fingerprint density at radius 3 is 2.52 bits per heavy atom. The largest absolute Gasteiger partial charge is 0.489 e. The SMILES string of the molecule is Cc1ccc(F)cc1COc1ccc(CCC(C)N)cc1. The van der Waals surface area contributed by atoms with E-state index in [9.17, 15) is 4.39 Å². The van der Waals surface area contributed by atoms with Gasteiger partial charge in [-0.05, 0) is 67.6 Å². The third-order valence-corrected chi connectivity index (χ3v) is 3.52. The Morgan fingerprint density at radius 2 is 1.86 bits per heavy atom. The van der Waals surface area contributed by atoms with Crippen LogP contribution < -0.4 is 10.5 Å². The lowest BCUT2D eigenvalue weighted by Crippen LogP contribution is -2.15. The summed E-state index contributed by atoms with van der Waals surface area (Å²) in [7, 11) is 0. The highest BCUT2D eigenvalue weighted by Gasteiger charge is 2.03. The Morgan fingerprint density at radius 1 is 1.14 bits per heavy atom. The van der Waals surface area contributed by atoms with Gasteiger partial charge in [0.25, 0.3) is 0 Å². The van der Waals surface area contributed by atoms with Crippen LogP contribution in [0, 0.1) is 12.7 Å². The molecule has 2 N–H and O–H groups in total. The van der Waals surface area contributed by atoms with Gasteiger partial charge in [-0.1, -0.05) is 18.2 Å². The van der Waals surface area contributed by atoms with Gasteiger partial charge in [-0.25, -0.2) is 4.39 Å². The molecule has 2 nitrogen and oxygen atoms in total. The Labute approximate surface area is 125 Å². The van der Waals surface area contributed by atoms with E-state index in [4.69, 9.17) is 10.5 Å². The summed E-state index contributed by atoms with van der Waals surface area (Å²) in [6, 6.07) is 13.0. The molecule has 0 aliphatic carbocycles. The van der Waals surface area contributed by atoms with E-state index in [1.54, 1.807) is 6.07 Å². The lowest BCUT2D eigenvalue weighted by Gasteiger charge is -2.10. The molecule has 3 heteroatoms. The van der Waals surface area contributed by atoms with E-state index in [0.29, 0.717) is 6.61 Å². The van der Waals surface area contributed by atoms with Crippen LogP contribution in [-0.4, -0.2) is 6.04 Å². The molecule has 112 valence electrons. The zero-order valence-corrected chi connectivity index (χ0v) is 12.6. The van der Waals surface area contributed by atoms with Gasteiger partial charge in [0.2, 0.25) is 0 Å². The van der Waals surface area contributed by atoms with Crippen molar-refractivity contribution in [1.82, 2.24) is 0 Å².